The Morgan fingerprint density at radius 2 is 2.05 bits per heavy atom. The van der Waals surface area contributed by atoms with E-state index in [1.807, 2.05) is 30.3 Å². The van der Waals surface area contributed by atoms with Gasteiger partial charge in [0.25, 0.3) is 5.69 Å². The fourth-order valence-electron chi connectivity index (χ4n) is 2.07. The molecule has 0 saturated carbocycles. The van der Waals surface area contributed by atoms with Crippen LogP contribution in [0.1, 0.15) is 30.5 Å². The molecule has 0 bridgehead atoms. The maximum Gasteiger partial charge on any atom is 0.277 e. The average molecular weight is 271 g/mol. The highest BCUT2D eigenvalue weighted by Crippen LogP contribution is 2.25. The van der Waals surface area contributed by atoms with Gasteiger partial charge in [-0.3, -0.25) is 10.1 Å². The van der Waals surface area contributed by atoms with E-state index in [2.05, 4.69) is 17.2 Å². The molecule has 1 aromatic carbocycles. The number of rotatable bonds is 5. The Balaban J connectivity index is 2.24. The summed E-state index contributed by atoms with van der Waals surface area (Å²) in [6.45, 7) is 3.75. The Morgan fingerprint density at radius 1 is 1.35 bits per heavy atom. The van der Waals surface area contributed by atoms with Crippen LogP contribution in [0.4, 0.5) is 11.5 Å². The van der Waals surface area contributed by atoms with Crippen molar-refractivity contribution in [2.24, 2.45) is 0 Å². The van der Waals surface area contributed by atoms with E-state index in [4.69, 9.17) is 0 Å². The zero-order valence-electron chi connectivity index (χ0n) is 11.5. The maximum absolute atomic E-state index is 10.9. The van der Waals surface area contributed by atoms with Gasteiger partial charge in [-0.25, -0.2) is 4.98 Å². The van der Waals surface area contributed by atoms with Crippen molar-refractivity contribution >= 4 is 11.5 Å². The molecule has 104 valence electrons. The minimum Gasteiger partial charge on any atom is -0.363 e. The van der Waals surface area contributed by atoms with Gasteiger partial charge in [-0.2, -0.15) is 0 Å². The van der Waals surface area contributed by atoms with Gasteiger partial charge in [0, 0.05) is 11.8 Å². The van der Waals surface area contributed by atoms with E-state index in [-0.39, 0.29) is 16.7 Å². The number of aromatic nitrogens is 1. The summed E-state index contributed by atoms with van der Waals surface area (Å²) >= 11 is 0. The van der Waals surface area contributed by atoms with E-state index in [1.54, 1.807) is 6.92 Å². The summed E-state index contributed by atoms with van der Waals surface area (Å²) in [5, 5.41) is 14.2. The van der Waals surface area contributed by atoms with Gasteiger partial charge in [0.15, 0.2) is 0 Å². The summed E-state index contributed by atoms with van der Waals surface area (Å²) in [6.07, 6.45) is 2.39. The fourth-order valence-corrected chi connectivity index (χ4v) is 2.07. The number of nitrogens with zero attached hydrogens (tertiary/aromatic N) is 2. The molecule has 0 fully saturated rings. The predicted octanol–water partition coefficient (Wildman–Crippen LogP) is 3.86. The maximum atomic E-state index is 10.9. The molecule has 0 radical (unpaired) electrons. The third-order valence-electron chi connectivity index (χ3n) is 3.20. The van der Waals surface area contributed by atoms with E-state index in [1.165, 1.54) is 12.3 Å². The quantitative estimate of drug-likeness (QED) is 0.662. The van der Waals surface area contributed by atoms with Gasteiger partial charge >= 0.3 is 0 Å². The van der Waals surface area contributed by atoms with Crippen LogP contribution in [0.25, 0.3) is 0 Å². The van der Waals surface area contributed by atoms with Gasteiger partial charge in [0.05, 0.1) is 17.0 Å². The summed E-state index contributed by atoms with van der Waals surface area (Å²) in [6, 6.07) is 11.6. The van der Waals surface area contributed by atoms with Gasteiger partial charge in [-0.1, -0.05) is 37.3 Å². The Kier molecular flexibility index (Phi) is 4.30. The van der Waals surface area contributed by atoms with Crippen molar-refractivity contribution < 1.29 is 4.92 Å². The summed E-state index contributed by atoms with van der Waals surface area (Å²) in [4.78, 5) is 14.8. The predicted molar refractivity (Wildman–Crippen MR) is 78.7 cm³/mol. The molecule has 0 saturated heterocycles. The molecule has 0 aliphatic heterocycles. The molecule has 2 rings (SSSR count). The Morgan fingerprint density at radius 3 is 2.65 bits per heavy atom. The van der Waals surface area contributed by atoms with E-state index in [0.717, 1.165) is 12.0 Å². The third kappa shape index (κ3) is 3.12. The van der Waals surface area contributed by atoms with Crippen molar-refractivity contribution in [2.75, 3.05) is 5.32 Å². The molecule has 5 heteroatoms. The van der Waals surface area contributed by atoms with Gasteiger partial charge in [0.2, 0.25) is 0 Å². The number of nitrogens with one attached hydrogen (secondary N) is 1. The van der Waals surface area contributed by atoms with E-state index < -0.39 is 0 Å². The Hall–Kier alpha value is -2.43. The van der Waals surface area contributed by atoms with E-state index in [0.29, 0.717) is 11.4 Å². The molecule has 1 N–H and O–H groups in total. The summed E-state index contributed by atoms with van der Waals surface area (Å²) in [5.41, 5.74) is 1.79. The van der Waals surface area contributed by atoms with Gasteiger partial charge < -0.3 is 5.32 Å². The standard InChI is InChI=1S/C15H17N3O2/c1-3-13(12-7-5-4-6-8-12)17-15-9-14(18(19)20)11(2)10-16-15/h4-10,13H,3H2,1-2H3,(H,16,17). The molecule has 1 atom stereocenters. The molecule has 0 spiro atoms. The normalized spacial score (nSPS) is 11.9. The summed E-state index contributed by atoms with van der Waals surface area (Å²) in [7, 11) is 0. The molecule has 0 aliphatic rings. The lowest BCUT2D eigenvalue weighted by Gasteiger charge is -2.18. The van der Waals surface area contributed by atoms with Crippen molar-refractivity contribution in [1.29, 1.82) is 0 Å². The van der Waals surface area contributed by atoms with Crippen LogP contribution in [0, 0.1) is 17.0 Å². The van der Waals surface area contributed by atoms with Crippen molar-refractivity contribution in [3.8, 4) is 0 Å². The van der Waals surface area contributed by atoms with E-state index in [9.17, 15) is 10.1 Å². The van der Waals surface area contributed by atoms with Crippen LogP contribution in [0.5, 0.6) is 0 Å². The van der Waals surface area contributed by atoms with Crippen molar-refractivity contribution in [1.82, 2.24) is 4.98 Å². The zero-order valence-corrected chi connectivity index (χ0v) is 11.5. The SMILES string of the molecule is CCC(Nc1cc([N+](=O)[O-])c(C)cn1)c1ccccc1. The highest BCUT2D eigenvalue weighted by atomic mass is 16.6. The molecule has 1 heterocycles. The van der Waals surface area contributed by atoms with Crippen LogP contribution < -0.4 is 5.32 Å². The van der Waals surface area contributed by atoms with Crippen LogP contribution >= 0.6 is 0 Å². The number of hydrogen-bond acceptors (Lipinski definition) is 4. The van der Waals surface area contributed by atoms with E-state index >= 15 is 0 Å². The highest BCUT2D eigenvalue weighted by Gasteiger charge is 2.15. The molecule has 1 unspecified atom stereocenters. The first-order chi connectivity index (χ1) is 9.61. The Bertz CT molecular complexity index is 599. The summed E-state index contributed by atoms with van der Waals surface area (Å²) in [5.74, 6) is 0.526. The third-order valence-corrected chi connectivity index (χ3v) is 3.20. The fraction of sp³-hybridized carbons (Fsp3) is 0.267. The van der Waals surface area contributed by atoms with Crippen LogP contribution in [-0.4, -0.2) is 9.91 Å². The smallest absolute Gasteiger partial charge is 0.277 e. The second-order valence-electron chi connectivity index (χ2n) is 4.63. The average Bonchev–Trinajstić information content (AvgIpc) is 2.47. The lowest BCUT2D eigenvalue weighted by atomic mass is 10.0. The van der Waals surface area contributed by atoms with Gasteiger partial charge in [0.1, 0.15) is 5.82 Å². The molecular weight excluding hydrogens is 254 g/mol. The first-order valence-electron chi connectivity index (χ1n) is 6.54. The minimum absolute atomic E-state index is 0.0883. The molecule has 5 nitrogen and oxygen atoms in total. The van der Waals surface area contributed by atoms with Gasteiger partial charge in [-0.05, 0) is 18.9 Å². The van der Waals surface area contributed by atoms with Gasteiger partial charge in [-0.15, -0.1) is 0 Å². The number of nitro groups is 1. The topological polar surface area (TPSA) is 68.1 Å². The van der Waals surface area contributed by atoms with Crippen molar-refractivity contribution in [3.63, 3.8) is 0 Å². The molecule has 0 amide bonds. The number of benzene rings is 1. The van der Waals surface area contributed by atoms with Crippen LogP contribution in [0.15, 0.2) is 42.6 Å². The first-order valence-corrected chi connectivity index (χ1v) is 6.54. The number of hydrogen-bond donors (Lipinski definition) is 1. The Labute approximate surface area is 117 Å². The highest BCUT2D eigenvalue weighted by molar-refractivity contribution is 5.50. The second-order valence-corrected chi connectivity index (χ2v) is 4.63. The monoisotopic (exact) mass is 271 g/mol. The van der Waals surface area contributed by atoms with Crippen LogP contribution in [0.3, 0.4) is 0 Å². The van der Waals surface area contributed by atoms with Crippen molar-refractivity contribution in [2.45, 2.75) is 26.3 Å². The molecular formula is C15H17N3O2. The largest absolute Gasteiger partial charge is 0.363 e. The summed E-state index contributed by atoms with van der Waals surface area (Å²) < 4.78 is 0. The van der Waals surface area contributed by atoms with Crippen LogP contribution in [0.2, 0.25) is 0 Å². The number of pyridine rings is 1. The second kappa shape index (κ2) is 6.14. The molecule has 1 aromatic heterocycles. The lowest BCUT2D eigenvalue weighted by molar-refractivity contribution is -0.385. The molecule has 2 aromatic rings. The number of aryl methyl sites for hydroxylation is 1. The molecule has 0 aliphatic carbocycles. The zero-order chi connectivity index (χ0) is 14.5. The number of anilines is 1. The van der Waals surface area contributed by atoms with Crippen molar-refractivity contribution in [3.05, 3.63) is 63.8 Å². The lowest BCUT2D eigenvalue weighted by Crippen LogP contribution is -2.11. The minimum atomic E-state index is -0.383. The first kappa shape index (κ1) is 14.0. The van der Waals surface area contributed by atoms with Crippen LogP contribution in [-0.2, 0) is 0 Å². The molecule has 20 heavy (non-hydrogen) atoms.